The highest BCUT2D eigenvalue weighted by atomic mass is 35.5. The maximum absolute atomic E-state index is 5.69. The Labute approximate surface area is 79.7 Å². The summed E-state index contributed by atoms with van der Waals surface area (Å²) < 4.78 is 0. The molecule has 1 aromatic rings. The highest BCUT2D eigenvalue weighted by Crippen LogP contribution is 2.01. The van der Waals surface area contributed by atoms with Crippen LogP contribution in [0.25, 0.3) is 0 Å². The molecule has 1 aromatic carbocycles. The smallest absolute Gasteiger partial charge is 0.0262 e. The normalized spacial score (nSPS) is 11.4. The SMILES string of the molecule is C=C[C@H](N)Cc1ccccc1.Cl. The predicted octanol–water partition coefficient (Wildman–Crippen LogP) is 2.16. The molecule has 0 saturated heterocycles. The van der Waals surface area contributed by atoms with E-state index < -0.39 is 0 Å². The molecule has 0 fully saturated rings. The third kappa shape index (κ3) is 3.56. The molecule has 2 N–H and O–H groups in total. The summed E-state index contributed by atoms with van der Waals surface area (Å²) in [6.07, 6.45) is 2.65. The van der Waals surface area contributed by atoms with Crippen LogP contribution < -0.4 is 5.73 Å². The van der Waals surface area contributed by atoms with Crippen molar-refractivity contribution < 1.29 is 0 Å². The molecule has 0 radical (unpaired) electrons. The molecule has 1 rings (SSSR count). The molecule has 0 bridgehead atoms. The molecule has 66 valence electrons. The summed E-state index contributed by atoms with van der Waals surface area (Å²) in [5.74, 6) is 0. The van der Waals surface area contributed by atoms with Gasteiger partial charge in [-0.1, -0.05) is 36.4 Å². The average Bonchev–Trinajstić information content (AvgIpc) is 2.06. The van der Waals surface area contributed by atoms with E-state index in [4.69, 9.17) is 5.73 Å². The molecular weight excluding hydrogens is 170 g/mol. The quantitative estimate of drug-likeness (QED) is 0.715. The number of rotatable bonds is 3. The summed E-state index contributed by atoms with van der Waals surface area (Å²) in [5, 5.41) is 0. The van der Waals surface area contributed by atoms with E-state index in [1.807, 2.05) is 18.2 Å². The van der Waals surface area contributed by atoms with Crippen molar-refractivity contribution in [1.82, 2.24) is 0 Å². The van der Waals surface area contributed by atoms with Gasteiger partial charge in [0.05, 0.1) is 0 Å². The standard InChI is InChI=1S/C10H13N.ClH/c1-2-10(11)8-9-6-4-3-5-7-9;/h2-7,10H,1,8,11H2;1H/t10-;/m0./s1. The van der Waals surface area contributed by atoms with E-state index >= 15 is 0 Å². The molecule has 0 aliphatic heterocycles. The number of nitrogens with two attached hydrogens (primary N) is 1. The van der Waals surface area contributed by atoms with Crippen LogP contribution in [0.5, 0.6) is 0 Å². The minimum Gasteiger partial charge on any atom is -0.324 e. The summed E-state index contributed by atoms with van der Waals surface area (Å²) >= 11 is 0. The van der Waals surface area contributed by atoms with Crippen molar-refractivity contribution >= 4 is 12.4 Å². The molecule has 0 aliphatic carbocycles. The molecule has 0 amide bonds. The van der Waals surface area contributed by atoms with Crippen LogP contribution in [-0.4, -0.2) is 6.04 Å². The first-order valence-electron chi connectivity index (χ1n) is 3.75. The van der Waals surface area contributed by atoms with Crippen LogP contribution in [0.4, 0.5) is 0 Å². The van der Waals surface area contributed by atoms with E-state index in [2.05, 4.69) is 18.7 Å². The van der Waals surface area contributed by atoms with E-state index in [1.54, 1.807) is 6.08 Å². The van der Waals surface area contributed by atoms with E-state index in [0.29, 0.717) is 0 Å². The van der Waals surface area contributed by atoms with Gasteiger partial charge in [-0.15, -0.1) is 19.0 Å². The van der Waals surface area contributed by atoms with Gasteiger partial charge >= 0.3 is 0 Å². The van der Waals surface area contributed by atoms with Gasteiger partial charge in [-0.05, 0) is 12.0 Å². The maximum atomic E-state index is 5.69. The Kier molecular flexibility index (Phi) is 5.43. The molecule has 12 heavy (non-hydrogen) atoms. The van der Waals surface area contributed by atoms with E-state index in [-0.39, 0.29) is 18.4 Å². The lowest BCUT2D eigenvalue weighted by Gasteiger charge is -2.04. The lowest BCUT2D eigenvalue weighted by molar-refractivity contribution is 0.812. The monoisotopic (exact) mass is 183 g/mol. The first-order valence-corrected chi connectivity index (χ1v) is 3.75. The minimum atomic E-state index is 0. The van der Waals surface area contributed by atoms with Gasteiger partial charge < -0.3 is 5.73 Å². The van der Waals surface area contributed by atoms with Crippen molar-refractivity contribution in [3.8, 4) is 0 Å². The van der Waals surface area contributed by atoms with E-state index in [0.717, 1.165) is 6.42 Å². The van der Waals surface area contributed by atoms with Gasteiger partial charge in [-0.25, -0.2) is 0 Å². The molecule has 0 aromatic heterocycles. The van der Waals surface area contributed by atoms with Crippen LogP contribution in [0.2, 0.25) is 0 Å². The second-order valence-corrected chi connectivity index (χ2v) is 2.59. The lowest BCUT2D eigenvalue weighted by Crippen LogP contribution is -2.19. The third-order valence-electron chi connectivity index (χ3n) is 1.62. The number of hydrogen-bond donors (Lipinski definition) is 1. The topological polar surface area (TPSA) is 26.0 Å². The molecular formula is C10H14ClN. The molecule has 0 heterocycles. The largest absolute Gasteiger partial charge is 0.324 e. The Bertz CT molecular complexity index is 221. The highest BCUT2D eigenvalue weighted by Gasteiger charge is 1.96. The van der Waals surface area contributed by atoms with Crippen LogP contribution >= 0.6 is 12.4 Å². The molecule has 0 spiro atoms. The lowest BCUT2D eigenvalue weighted by atomic mass is 10.1. The Morgan fingerprint density at radius 2 is 1.92 bits per heavy atom. The van der Waals surface area contributed by atoms with Gasteiger partial charge in [0.2, 0.25) is 0 Å². The van der Waals surface area contributed by atoms with Crippen LogP contribution in [0.15, 0.2) is 43.0 Å². The molecule has 2 heteroatoms. The molecule has 0 unspecified atom stereocenters. The fraction of sp³-hybridized carbons (Fsp3) is 0.200. The van der Waals surface area contributed by atoms with Gasteiger partial charge in [0.15, 0.2) is 0 Å². The van der Waals surface area contributed by atoms with Gasteiger partial charge in [0.1, 0.15) is 0 Å². The van der Waals surface area contributed by atoms with Gasteiger partial charge in [0.25, 0.3) is 0 Å². The van der Waals surface area contributed by atoms with Crippen molar-refractivity contribution in [3.63, 3.8) is 0 Å². The van der Waals surface area contributed by atoms with Crippen LogP contribution in [0.3, 0.4) is 0 Å². The Balaban J connectivity index is 0.00000121. The molecule has 0 saturated carbocycles. The molecule has 1 atom stereocenters. The molecule has 0 aliphatic rings. The summed E-state index contributed by atoms with van der Waals surface area (Å²) in [6, 6.07) is 10.3. The van der Waals surface area contributed by atoms with Crippen molar-refractivity contribution in [2.24, 2.45) is 5.73 Å². The van der Waals surface area contributed by atoms with Gasteiger partial charge in [-0.2, -0.15) is 0 Å². The number of benzene rings is 1. The maximum Gasteiger partial charge on any atom is 0.0262 e. The predicted molar refractivity (Wildman–Crippen MR) is 55.6 cm³/mol. The second-order valence-electron chi connectivity index (χ2n) is 2.59. The fourth-order valence-electron chi connectivity index (χ4n) is 0.970. The number of halogens is 1. The van der Waals surface area contributed by atoms with Crippen LogP contribution in [0, 0.1) is 0 Å². The second kappa shape index (κ2) is 5.81. The zero-order valence-corrected chi connectivity index (χ0v) is 7.76. The van der Waals surface area contributed by atoms with Gasteiger partial charge in [0, 0.05) is 6.04 Å². The summed E-state index contributed by atoms with van der Waals surface area (Å²) in [7, 11) is 0. The Hall–Kier alpha value is -0.790. The van der Waals surface area contributed by atoms with Crippen LogP contribution in [0.1, 0.15) is 5.56 Å². The highest BCUT2D eigenvalue weighted by molar-refractivity contribution is 5.85. The Morgan fingerprint density at radius 3 is 2.42 bits per heavy atom. The summed E-state index contributed by atoms with van der Waals surface area (Å²) in [5.41, 5.74) is 6.95. The van der Waals surface area contributed by atoms with E-state index in [1.165, 1.54) is 5.56 Å². The fourth-order valence-corrected chi connectivity index (χ4v) is 0.970. The van der Waals surface area contributed by atoms with Crippen molar-refractivity contribution in [2.45, 2.75) is 12.5 Å². The van der Waals surface area contributed by atoms with Crippen LogP contribution in [-0.2, 0) is 6.42 Å². The zero-order chi connectivity index (χ0) is 8.10. The average molecular weight is 184 g/mol. The van der Waals surface area contributed by atoms with Gasteiger partial charge in [-0.3, -0.25) is 0 Å². The van der Waals surface area contributed by atoms with Crippen molar-refractivity contribution in [2.75, 3.05) is 0 Å². The zero-order valence-electron chi connectivity index (χ0n) is 6.94. The summed E-state index contributed by atoms with van der Waals surface area (Å²) in [4.78, 5) is 0. The third-order valence-corrected chi connectivity index (χ3v) is 1.62. The van der Waals surface area contributed by atoms with E-state index in [9.17, 15) is 0 Å². The van der Waals surface area contributed by atoms with Crippen molar-refractivity contribution in [3.05, 3.63) is 48.6 Å². The summed E-state index contributed by atoms with van der Waals surface area (Å²) in [6.45, 7) is 3.63. The minimum absolute atomic E-state index is 0. The Morgan fingerprint density at radius 1 is 1.33 bits per heavy atom. The number of hydrogen-bond acceptors (Lipinski definition) is 1. The first kappa shape index (κ1) is 11.2. The molecule has 1 nitrogen and oxygen atoms in total. The van der Waals surface area contributed by atoms with Crippen molar-refractivity contribution in [1.29, 1.82) is 0 Å². The first-order chi connectivity index (χ1) is 5.33.